The Morgan fingerprint density at radius 1 is 1.50 bits per heavy atom. The number of hydrogen-bond acceptors (Lipinski definition) is 3. The van der Waals surface area contributed by atoms with Crippen molar-refractivity contribution < 1.29 is 13.9 Å². The van der Waals surface area contributed by atoms with Gasteiger partial charge in [0.15, 0.2) is 0 Å². The fourth-order valence-electron chi connectivity index (χ4n) is 1.62. The maximum Gasteiger partial charge on any atom is 0.313 e. The van der Waals surface area contributed by atoms with E-state index in [1.54, 1.807) is 25.3 Å². The van der Waals surface area contributed by atoms with Gasteiger partial charge in [0.25, 0.3) is 0 Å². The van der Waals surface area contributed by atoms with Gasteiger partial charge in [0, 0.05) is 5.56 Å². The topological polar surface area (TPSA) is 55.0 Å². The number of rotatable bonds is 3. The summed E-state index contributed by atoms with van der Waals surface area (Å²) < 4.78 is 17.7. The number of aryl methyl sites for hydroxylation is 1. The molecule has 0 radical (unpaired) electrons. The standard InChI is InChI=1S/C13H13FN2O2/c1-8-5-9(3-4-10(8)14)11-7-15-12(16-11)6-13(17)18-2/h3-5,7H,6H2,1-2H3,(H,15,16). The number of halogens is 1. The summed E-state index contributed by atoms with van der Waals surface area (Å²) in [6.07, 6.45) is 1.71. The molecule has 0 amide bonds. The Balaban J connectivity index is 2.23. The Kier molecular flexibility index (Phi) is 3.41. The normalized spacial score (nSPS) is 10.4. The van der Waals surface area contributed by atoms with Crippen molar-refractivity contribution in [2.24, 2.45) is 0 Å². The molecule has 4 nitrogen and oxygen atoms in total. The molecule has 2 rings (SSSR count). The summed E-state index contributed by atoms with van der Waals surface area (Å²) in [6.45, 7) is 1.70. The molecule has 0 bridgehead atoms. The van der Waals surface area contributed by atoms with Gasteiger partial charge in [-0.25, -0.2) is 9.37 Å². The lowest BCUT2D eigenvalue weighted by Gasteiger charge is -2.00. The average molecular weight is 248 g/mol. The molecule has 0 aliphatic carbocycles. The molecule has 0 saturated heterocycles. The van der Waals surface area contributed by atoms with Gasteiger partial charge < -0.3 is 9.72 Å². The van der Waals surface area contributed by atoms with Gasteiger partial charge in [-0.3, -0.25) is 4.79 Å². The fraction of sp³-hybridized carbons (Fsp3) is 0.231. The number of nitrogens with zero attached hydrogens (tertiary/aromatic N) is 1. The van der Waals surface area contributed by atoms with E-state index in [1.807, 2.05) is 0 Å². The van der Waals surface area contributed by atoms with Crippen LogP contribution in [-0.2, 0) is 16.0 Å². The first-order chi connectivity index (χ1) is 8.60. The number of imidazole rings is 1. The van der Waals surface area contributed by atoms with Crippen LogP contribution in [-0.4, -0.2) is 23.0 Å². The number of carbonyl (C=O) groups excluding carboxylic acids is 1. The van der Waals surface area contributed by atoms with Crippen molar-refractivity contribution in [1.82, 2.24) is 9.97 Å². The highest BCUT2D eigenvalue weighted by atomic mass is 19.1. The first-order valence-electron chi connectivity index (χ1n) is 5.47. The number of aromatic amines is 1. The summed E-state index contributed by atoms with van der Waals surface area (Å²) in [6, 6.07) is 4.80. The molecule has 0 atom stereocenters. The van der Waals surface area contributed by atoms with Crippen molar-refractivity contribution in [3.8, 4) is 11.3 Å². The number of methoxy groups -OCH3 is 1. The van der Waals surface area contributed by atoms with Crippen LogP contribution in [0, 0.1) is 12.7 Å². The number of nitrogens with one attached hydrogen (secondary N) is 1. The van der Waals surface area contributed by atoms with Crippen LogP contribution in [0.25, 0.3) is 11.3 Å². The summed E-state index contributed by atoms with van der Waals surface area (Å²) in [7, 11) is 1.33. The summed E-state index contributed by atoms with van der Waals surface area (Å²) >= 11 is 0. The maximum absolute atomic E-state index is 13.2. The van der Waals surface area contributed by atoms with E-state index >= 15 is 0 Å². The van der Waals surface area contributed by atoms with E-state index in [0.29, 0.717) is 11.4 Å². The van der Waals surface area contributed by atoms with E-state index in [4.69, 9.17) is 0 Å². The third-order valence-electron chi connectivity index (χ3n) is 2.64. The van der Waals surface area contributed by atoms with E-state index in [2.05, 4.69) is 14.7 Å². The molecule has 1 aromatic carbocycles. The lowest BCUT2D eigenvalue weighted by molar-refractivity contribution is -0.139. The molecule has 0 aliphatic heterocycles. The Hall–Kier alpha value is -2.17. The van der Waals surface area contributed by atoms with Crippen LogP contribution in [0.3, 0.4) is 0 Å². The van der Waals surface area contributed by atoms with Crippen molar-refractivity contribution in [2.75, 3.05) is 7.11 Å². The first-order valence-corrected chi connectivity index (χ1v) is 5.47. The molecule has 0 fully saturated rings. The minimum atomic E-state index is -0.355. The monoisotopic (exact) mass is 248 g/mol. The minimum Gasteiger partial charge on any atom is -0.469 e. The third kappa shape index (κ3) is 2.56. The zero-order chi connectivity index (χ0) is 13.1. The molecule has 0 aliphatic rings. The second-order valence-corrected chi connectivity index (χ2v) is 3.96. The van der Waals surface area contributed by atoms with Gasteiger partial charge in [-0.15, -0.1) is 0 Å². The van der Waals surface area contributed by atoms with Crippen LogP contribution < -0.4 is 0 Å². The average Bonchev–Trinajstić information content (AvgIpc) is 2.81. The van der Waals surface area contributed by atoms with Gasteiger partial charge >= 0.3 is 5.97 Å². The molecule has 18 heavy (non-hydrogen) atoms. The van der Waals surface area contributed by atoms with E-state index < -0.39 is 0 Å². The van der Waals surface area contributed by atoms with Crippen LogP contribution in [0.1, 0.15) is 11.4 Å². The van der Waals surface area contributed by atoms with Gasteiger partial charge in [0.05, 0.1) is 19.0 Å². The zero-order valence-electron chi connectivity index (χ0n) is 10.2. The SMILES string of the molecule is COC(=O)Cc1ncc(-c2ccc(F)c(C)c2)[nH]1. The molecule has 0 saturated carbocycles. The summed E-state index contributed by atoms with van der Waals surface area (Å²) in [5, 5.41) is 0. The maximum atomic E-state index is 13.2. The number of esters is 1. The van der Waals surface area contributed by atoms with Gasteiger partial charge in [0.2, 0.25) is 0 Å². The number of aromatic nitrogens is 2. The molecule has 5 heteroatoms. The molecule has 1 heterocycles. The predicted octanol–water partition coefficient (Wildman–Crippen LogP) is 2.24. The van der Waals surface area contributed by atoms with E-state index in [-0.39, 0.29) is 18.2 Å². The molecular weight excluding hydrogens is 235 g/mol. The van der Waals surface area contributed by atoms with Crippen LogP contribution >= 0.6 is 0 Å². The van der Waals surface area contributed by atoms with E-state index in [0.717, 1.165) is 11.3 Å². The lowest BCUT2D eigenvalue weighted by atomic mass is 10.1. The van der Waals surface area contributed by atoms with Gasteiger partial charge in [-0.2, -0.15) is 0 Å². The van der Waals surface area contributed by atoms with Crippen LogP contribution in [0.15, 0.2) is 24.4 Å². The molecule has 0 spiro atoms. The Bertz CT molecular complexity index is 578. The quantitative estimate of drug-likeness (QED) is 0.847. The van der Waals surface area contributed by atoms with Gasteiger partial charge in [-0.1, -0.05) is 0 Å². The molecule has 1 N–H and O–H groups in total. The smallest absolute Gasteiger partial charge is 0.313 e. The molecule has 94 valence electrons. The van der Waals surface area contributed by atoms with Crippen LogP contribution in [0.4, 0.5) is 4.39 Å². The Morgan fingerprint density at radius 2 is 2.28 bits per heavy atom. The third-order valence-corrected chi connectivity index (χ3v) is 2.64. The summed E-state index contributed by atoms with van der Waals surface area (Å²) in [5.74, 6) is -0.0712. The second-order valence-electron chi connectivity index (χ2n) is 3.96. The van der Waals surface area contributed by atoms with Crippen molar-refractivity contribution in [3.63, 3.8) is 0 Å². The summed E-state index contributed by atoms with van der Waals surface area (Å²) in [4.78, 5) is 18.2. The predicted molar refractivity (Wildman–Crippen MR) is 64.4 cm³/mol. The number of carbonyl (C=O) groups is 1. The largest absolute Gasteiger partial charge is 0.469 e. The fourth-order valence-corrected chi connectivity index (χ4v) is 1.62. The molecule has 2 aromatic rings. The highest BCUT2D eigenvalue weighted by Gasteiger charge is 2.09. The molecule has 1 aromatic heterocycles. The Morgan fingerprint density at radius 3 is 2.94 bits per heavy atom. The number of ether oxygens (including phenoxy) is 1. The number of benzene rings is 1. The van der Waals surface area contributed by atoms with Gasteiger partial charge in [-0.05, 0) is 30.7 Å². The highest BCUT2D eigenvalue weighted by molar-refractivity contribution is 5.71. The van der Waals surface area contributed by atoms with E-state index in [9.17, 15) is 9.18 Å². The van der Waals surface area contributed by atoms with Crippen LogP contribution in [0.2, 0.25) is 0 Å². The van der Waals surface area contributed by atoms with Crippen molar-refractivity contribution in [2.45, 2.75) is 13.3 Å². The number of H-pyrrole nitrogens is 1. The van der Waals surface area contributed by atoms with Crippen molar-refractivity contribution in [3.05, 3.63) is 41.6 Å². The summed E-state index contributed by atoms with van der Waals surface area (Å²) in [5.41, 5.74) is 2.14. The zero-order valence-corrected chi connectivity index (χ0v) is 10.2. The Labute approximate surface area is 104 Å². The minimum absolute atomic E-state index is 0.0939. The highest BCUT2D eigenvalue weighted by Crippen LogP contribution is 2.20. The second kappa shape index (κ2) is 5.00. The lowest BCUT2D eigenvalue weighted by Crippen LogP contribution is -2.05. The van der Waals surface area contributed by atoms with Crippen molar-refractivity contribution >= 4 is 5.97 Å². The molecular formula is C13H13FN2O2. The molecule has 0 unspecified atom stereocenters. The van der Waals surface area contributed by atoms with Gasteiger partial charge in [0.1, 0.15) is 18.1 Å². The van der Waals surface area contributed by atoms with Crippen molar-refractivity contribution in [1.29, 1.82) is 0 Å². The number of hydrogen-bond donors (Lipinski definition) is 1. The first kappa shape index (κ1) is 12.3. The van der Waals surface area contributed by atoms with Crippen LogP contribution in [0.5, 0.6) is 0 Å². The van der Waals surface area contributed by atoms with E-state index in [1.165, 1.54) is 13.2 Å².